The Morgan fingerprint density at radius 3 is 2.32 bits per heavy atom. The second-order valence-electron chi connectivity index (χ2n) is 8.67. The van der Waals surface area contributed by atoms with E-state index < -0.39 is 10.0 Å². The van der Waals surface area contributed by atoms with E-state index in [0.717, 1.165) is 25.1 Å². The molecule has 2 saturated heterocycles. The summed E-state index contributed by atoms with van der Waals surface area (Å²) in [6, 6.07) is 17.3. The molecule has 2 aromatic rings. The summed E-state index contributed by atoms with van der Waals surface area (Å²) in [5, 5.41) is 3.12. The van der Waals surface area contributed by atoms with Crippen molar-refractivity contribution in [2.45, 2.75) is 31.1 Å². The highest BCUT2D eigenvalue weighted by molar-refractivity contribution is 7.89. The van der Waals surface area contributed by atoms with Crippen molar-refractivity contribution < 1.29 is 13.2 Å². The van der Waals surface area contributed by atoms with E-state index in [4.69, 9.17) is 0 Å². The fourth-order valence-corrected chi connectivity index (χ4v) is 5.95. The lowest BCUT2D eigenvalue weighted by molar-refractivity contribution is -0.126. The highest BCUT2D eigenvalue weighted by Crippen LogP contribution is 2.25. The minimum Gasteiger partial charge on any atom is -0.371 e. The summed E-state index contributed by atoms with van der Waals surface area (Å²) in [6.07, 6.45) is 2.21. The van der Waals surface area contributed by atoms with E-state index >= 15 is 0 Å². The number of para-hydroxylation sites is 1. The zero-order valence-electron chi connectivity index (χ0n) is 18.0. The summed E-state index contributed by atoms with van der Waals surface area (Å²) in [6.45, 7) is 5.37. The molecule has 0 bridgehead atoms. The van der Waals surface area contributed by atoms with Crippen LogP contribution in [0.5, 0.6) is 0 Å². The summed E-state index contributed by atoms with van der Waals surface area (Å²) < 4.78 is 27.2. The van der Waals surface area contributed by atoms with Crippen molar-refractivity contribution in [3.63, 3.8) is 0 Å². The Balaban J connectivity index is 1.24. The Bertz CT molecular complexity index is 984. The SMILES string of the molecule is Cc1ccc(S(=O)(=O)N2CCC(C(=O)NCC3CCN(c4ccccc4)C3)CC2)cc1. The zero-order valence-corrected chi connectivity index (χ0v) is 18.9. The van der Waals surface area contributed by atoms with Gasteiger partial charge in [0.1, 0.15) is 0 Å². The molecular weight excluding hydrogens is 410 g/mol. The van der Waals surface area contributed by atoms with Gasteiger partial charge in [0.15, 0.2) is 0 Å². The highest BCUT2D eigenvalue weighted by Gasteiger charge is 2.32. The van der Waals surface area contributed by atoms with Gasteiger partial charge in [0, 0.05) is 44.3 Å². The molecule has 2 aromatic carbocycles. The molecule has 166 valence electrons. The van der Waals surface area contributed by atoms with Crippen molar-refractivity contribution >= 4 is 21.6 Å². The van der Waals surface area contributed by atoms with Crippen molar-refractivity contribution in [3.8, 4) is 0 Å². The first-order valence-electron chi connectivity index (χ1n) is 11.1. The Morgan fingerprint density at radius 1 is 0.968 bits per heavy atom. The molecular formula is C24H31N3O3S. The van der Waals surface area contributed by atoms with Crippen LogP contribution in [-0.2, 0) is 14.8 Å². The third kappa shape index (κ3) is 5.10. The van der Waals surface area contributed by atoms with Gasteiger partial charge < -0.3 is 10.2 Å². The van der Waals surface area contributed by atoms with Crippen molar-refractivity contribution in [3.05, 3.63) is 60.2 Å². The van der Waals surface area contributed by atoms with E-state index in [1.807, 2.05) is 25.1 Å². The van der Waals surface area contributed by atoms with Crippen molar-refractivity contribution in [1.82, 2.24) is 9.62 Å². The predicted octanol–water partition coefficient (Wildman–Crippen LogP) is 3.04. The molecule has 1 amide bonds. The fourth-order valence-electron chi connectivity index (χ4n) is 4.48. The van der Waals surface area contributed by atoms with Gasteiger partial charge in [-0.05, 0) is 56.4 Å². The van der Waals surface area contributed by atoms with E-state index in [2.05, 4.69) is 34.5 Å². The normalized spacial score (nSPS) is 20.7. The average molecular weight is 442 g/mol. The number of amides is 1. The maximum absolute atomic E-state index is 12.8. The first-order valence-corrected chi connectivity index (χ1v) is 12.5. The van der Waals surface area contributed by atoms with Crippen LogP contribution < -0.4 is 10.2 Å². The number of nitrogens with one attached hydrogen (secondary N) is 1. The fraction of sp³-hybridized carbons (Fsp3) is 0.458. The summed E-state index contributed by atoms with van der Waals surface area (Å²) in [7, 11) is -3.49. The standard InChI is InChI=1S/C24H31N3O3S/c1-19-7-9-23(10-8-19)31(29,30)27-15-12-21(13-16-27)24(28)25-17-20-11-14-26(18-20)22-5-3-2-4-6-22/h2-10,20-21H,11-18H2,1H3,(H,25,28). The average Bonchev–Trinajstić information content (AvgIpc) is 3.27. The second-order valence-corrected chi connectivity index (χ2v) is 10.6. The number of piperidine rings is 1. The van der Waals surface area contributed by atoms with E-state index in [-0.39, 0.29) is 11.8 Å². The Hall–Kier alpha value is -2.38. The molecule has 31 heavy (non-hydrogen) atoms. The largest absolute Gasteiger partial charge is 0.371 e. The second kappa shape index (κ2) is 9.40. The molecule has 1 atom stereocenters. The smallest absolute Gasteiger partial charge is 0.243 e. The van der Waals surface area contributed by atoms with Crippen molar-refractivity contribution in [1.29, 1.82) is 0 Å². The number of sulfonamides is 1. The molecule has 1 N–H and O–H groups in total. The summed E-state index contributed by atoms with van der Waals surface area (Å²) >= 11 is 0. The van der Waals surface area contributed by atoms with Crippen LogP contribution in [0.1, 0.15) is 24.8 Å². The summed E-state index contributed by atoms with van der Waals surface area (Å²) in [4.78, 5) is 15.4. The predicted molar refractivity (Wildman–Crippen MR) is 122 cm³/mol. The first-order chi connectivity index (χ1) is 14.9. The molecule has 6 nitrogen and oxygen atoms in total. The van der Waals surface area contributed by atoms with Crippen LogP contribution in [0.4, 0.5) is 5.69 Å². The van der Waals surface area contributed by atoms with E-state index in [1.54, 1.807) is 12.1 Å². The lowest BCUT2D eigenvalue weighted by Gasteiger charge is -2.30. The molecule has 0 aliphatic carbocycles. The molecule has 4 rings (SSSR count). The van der Waals surface area contributed by atoms with Gasteiger partial charge in [0.25, 0.3) is 0 Å². The maximum atomic E-state index is 12.8. The molecule has 0 saturated carbocycles. The van der Waals surface area contributed by atoms with Gasteiger partial charge in [0.05, 0.1) is 4.90 Å². The third-order valence-electron chi connectivity index (χ3n) is 6.46. The summed E-state index contributed by atoms with van der Waals surface area (Å²) in [5.74, 6) is 0.396. The molecule has 1 unspecified atom stereocenters. The number of anilines is 1. The summed E-state index contributed by atoms with van der Waals surface area (Å²) in [5.41, 5.74) is 2.27. The number of carbonyl (C=O) groups is 1. The Kier molecular flexibility index (Phi) is 6.62. The molecule has 0 aromatic heterocycles. The Morgan fingerprint density at radius 2 is 1.65 bits per heavy atom. The molecule has 2 aliphatic rings. The lowest BCUT2D eigenvalue weighted by Crippen LogP contribution is -2.43. The topological polar surface area (TPSA) is 69.7 Å². The van der Waals surface area contributed by atoms with Crippen LogP contribution >= 0.6 is 0 Å². The van der Waals surface area contributed by atoms with Gasteiger partial charge in [-0.1, -0.05) is 35.9 Å². The quantitative estimate of drug-likeness (QED) is 0.748. The zero-order chi connectivity index (χ0) is 21.8. The molecule has 7 heteroatoms. The number of benzene rings is 2. The van der Waals surface area contributed by atoms with Crippen LogP contribution in [0.3, 0.4) is 0 Å². The first kappa shape index (κ1) is 21.8. The van der Waals surface area contributed by atoms with Crippen molar-refractivity contribution in [2.75, 3.05) is 37.6 Å². The van der Waals surface area contributed by atoms with Gasteiger partial charge in [-0.25, -0.2) is 8.42 Å². The van der Waals surface area contributed by atoms with Crippen LogP contribution in [0.15, 0.2) is 59.5 Å². The number of rotatable bonds is 6. The molecule has 2 heterocycles. The number of aryl methyl sites for hydroxylation is 1. The minimum atomic E-state index is -3.49. The van der Waals surface area contributed by atoms with Gasteiger partial charge in [0.2, 0.25) is 15.9 Å². The molecule has 0 radical (unpaired) electrons. The van der Waals surface area contributed by atoms with Gasteiger partial charge in [-0.2, -0.15) is 4.31 Å². The monoisotopic (exact) mass is 441 g/mol. The minimum absolute atomic E-state index is 0.0607. The van der Waals surface area contributed by atoms with Crippen molar-refractivity contribution in [2.24, 2.45) is 11.8 Å². The van der Waals surface area contributed by atoms with Crippen LogP contribution in [0.2, 0.25) is 0 Å². The third-order valence-corrected chi connectivity index (χ3v) is 8.37. The van der Waals surface area contributed by atoms with E-state index in [1.165, 1.54) is 9.99 Å². The number of hydrogen-bond donors (Lipinski definition) is 1. The maximum Gasteiger partial charge on any atom is 0.243 e. The lowest BCUT2D eigenvalue weighted by atomic mass is 9.97. The number of hydrogen-bond acceptors (Lipinski definition) is 4. The number of carbonyl (C=O) groups excluding carboxylic acids is 1. The number of nitrogens with zero attached hydrogens (tertiary/aromatic N) is 2. The van der Waals surface area contributed by atoms with E-state index in [0.29, 0.717) is 43.3 Å². The van der Waals surface area contributed by atoms with Gasteiger partial charge in [-0.15, -0.1) is 0 Å². The molecule has 0 spiro atoms. The highest BCUT2D eigenvalue weighted by atomic mass is 32.2. The van der Waals surface area contributed by atoms with Crippen LogP contribution in [0.25, 0.3) is 0 Å². The van der Waals surface area contributed by atoms with Gasteiger partial charge >= 0.3 is 0 Å². The van der Waals surface area contributed by atoms with Gasteiger partial charge in [-0.3, -0.25) is 4.79 Å². The molecule has 2 fully saturated rings. The van der Waals surface area contributed by atoms with Crippen LogP contribution in [0, 0.1) is 18.8 Å². The van der Waals surface area contributed by atoms with E-state index in [9.17, 15) is 13.2 Å². The molecule has 2 aliphatic heterocycles. The van der Waals surface area contributed by atoms with Crippen LogP contribution in [-0.4, -0.2) is 51.4 Å². The Labute approximate surface area is 185 Å².